The molecule has 1 amide bonds. The van der Waals surface area contributed by atoms with Gasteiger partial charge in [-0.15, -0.1) is 0 Å². The lowest BCUT2D eigenvalue weighted by Gasteiger charge is -2.46. The van der Waals surface area contributed by atoms with E-state index in [1.54, 1.807) is 0 Å². The van der Waals surface area contributed by atoms with Gasteiger partial charge in [-0.1, -0.05) is 41.5 Å². The molecule has 0 aromatic heterocycles. The van der Waals surface area contributed by atoms with Gasteiger partial charge in [-0.3, -0.25) is 4.79 Å². The first-order valence-corrected chi connectivity index (χ1v) is 6.54. The lowest BCUT2D eigenvalue weighted by Crippen LogP contribution is -2.50. The summed E-state index contributed by atoms with van der Waals surface area (Å²) in [6, 6.07) is 0. The number of nitrogens with zero attached hydrogens (tertiary/aromatic N) is 1. The molecule has 0 aromatic carbocycles. The molecule has 2 nitrogen and oxygen atoms in total. The Morgan fingerprint density at radius 1 is 1.25 bits per heavy atom. The number of rotatable bonds is 2. The Bertz CT molecular complexity index is 255. The van der Waals surface area contributed by atoms with Crippen molar-refractivity contribution >= 4 is 5.91 Å². The zero-order valence-corrected chi connectivity index (χ0v) is 11.7. The second kappa shape index (κ2) is 4.77. The molecule has 16 heavy (non-hydrogen) atoms. The Hall–Kier alpha value is -0.530. The number of likely N-dealkylation sites (tertiary alicyclic amines) is 1. The molecule has 1 atom stereocenters. The Kier molecular flexibility index (Phi) is 4.03. The first kappa shape index (κ1) is 13.5. The van der Waals surface area contributed by atoms with E-state index in [4.69, 9.17) is 0 Å². The van der Waals surface area contributed by atoms with E-state index in [1.165, 1.54) is 0 Å². The highest BCUT2D eigenvalue weighted by Crippen LogP contribution is 2.39. The van der Waals surface area contributed by atoms with Gasteiger partial charge in [0, 0.05) is 19.0 Å². The molecule has 2 heteroatoms. The zero-order valence-electron chi connectivity index (χ0n) is 11.7. The summed E-state index contributed by atoms with van der Waals surface area (Å²) in [4.78, 5) is 14.0. The maximum atomic E-state index is 12.0. The van der Waals surface area contributed by atoms with Crippen LogP contribution in [0.3, 0.4) is 0 Å². The van der Waals surface area contributed by atoms with Crippen LogP contribution in [-0.2, 0) is 4.79 Å². The van der Waals surface area contributed by atoms with Gasteiger partial charge in [-0.05, 0) is 23.7 Å². The molecule has 1 rings (SSSR count). The van der Waals surface area contributed by atoms with E-state index in [2.05, 4.69) is 32.6 Å². The second-order valence-corrected chi connectivity index (χ2v) is 6.54. The predicted octanol–water partition coefficient (Wildman–Crippen LogP) is 3.17. The van der Waals surface area contributed by atoms with Crippen molar-refractivity contribution in [3.63, 3.8) is 0 Å². The predicted molar refractivity (Wildman–Crippen MR) is 68.1 cm³/mol. The Balaban J connectivity index is 2.71. The van der Waals surface area contributed by atoms with Crippen molar-refractivity contribution in [2.75, 3.05) is 13.1 Å². The van der Waals surface area contributed by atoms with Crippen LogP contribution in [-0.4, -0.2) is 23.9 Å². The van der Waals surface area contributed by atoms with Gasteiger partial charge in [-0.2, -0.15) is 0 Å². The first-order valence-electron chi connectivity index (χ1n) is 6.54. The highest BCUT2D eigenvalue weighted by Gasteiger charge is 2.38. The SMILES string of the molecule is CC(C)C(=O)N1CCC(C(C)C)C(C)(C)C1. The molecule has 1 heterocycles. The number of amides is 1. The van der Waals surface area contributed by atoms with E-state index in [0.29, 0.717) is 11.8 Å². The molecule has 1 saturated heterocycles. The summed E-state index contributed by atoms with van der Waals surface area (Å²) in [5.74, 6) is 1.90. The second-order valence-electron chi connectivity index (χ2n) is 6.54. The minimum atomic E-state index is 0.131. The van der Waals surface area contributed by atoms with Gasteiger partial charge < -0.3 is 4.90 Å². The highest BCUT2D eigenvalue weighted by molar-refractivity contribution is 5.78. The van der Waals surface area contributed by atoms with Crippen LogP contribution >= 0.6 is 0 Å². The molecule has 0 aromatic rings. The molecule has 0 spiro atoms. The summed E-state index contributed by atoms with van der Waals surface area (Å²) in [5.41, 5.74) is 0.261. The lowest BCUT2D eigenvalue weighted by molar-refractivity contribution is -0.139. The van der Waals surface area contributed by atoms with Gasteiger partial charge in [0.15, 0.2) is 0 Å². The van der Waals surface area contributed by atoms with Crippen molar-refractivity contribution in [3.05, 3.63) is 0 Å². The molecule has 0 radical (unpaired) electrons. The fourth-order valence-corrected chi connectivity index (χ4v) is 3.16. The summed E-state index contributed by atoms with van der Waals surface area (Å²) in [7, 11) is 0. The van der Waals surface area contributed by atoms with Gasteiger partial charge in [-0.25, -0.2) is 0 Å². The summed E-state index contributed by atoms with van der Waals surface area (Å²) < 4.78 is 0. The van der Waals surface area contributed by atoms with Crippen LogP contribution in [0.15, 0.2) is 0 Å². The third-order valence-electron chi connectivity index (χ3n) is 3.92. The van der Waals surface area contributed by atoms with Crippen LogP contribution in [0.1, 0.15) is 48.0 Å². The van der Waals surface area contributed by atoms with Gasteiger partial charge in [0.25, 0.3) is 0 Å². The molecule has 94 valence electrons. The standard InChI is InChI=1S/C14H27NO/c1-10(2)12-7-8-15(9-14(12,5)6)13(16)11(3)4/h10-12H,7-9H2,1-6H3. The molecule has 1 unspecified atom stereocenters. The van der Waals surface area contributed by atoms with E-state index in [9.17, 15) is 4.79 Å². The van der Waals surface area contributed by atoms with Crippen LogP contribution in [0.2, 0.25) is 0 Å². The average molecular weight is 225 g/mol. The fourth-order valence-electron chi connectivity index (χ4n) is 3.16. The van der Waals surface area contributed by atoms with Crippen LogP contribution < -0.4 is 0 Å². The average Bonchev–Trinajstić information content (AvgIpc) is 2.13. The first-order chi connectivity index (χ1) is 7.25. The van der Waals surface area contributed by atoms with Crippen LogP contribution in [0.25, 0.3) is 0 Å². The van der Waals surface area contributed by atoms with Crippen molar-refractivity contribution in [2.45, 2.75) is 48.0 Å². The van der Waals surface area contributed by atoms with Crippen molar-refractivity contribution in [1.29, 1.82) is 0 Å². The van der Waals surface area contributed by atoms with Crippen LogP contribution in [0.4, 0.5) is 0 Å². The van der Waals surface area contributed by atoms with Gasteiger partial charge in [0.2, 0.25) is 5.91 Å². The normalized spacial score (nSPS) is 25.2. The third kappa shape index (κ3) is 2.78. The van der Waals surface area contributed by atoms with E-state index in [0.717, 1.165) is 25.4 Å². The van der Waals surface area contributed by atoms with Crippen LogP contribution in [0, 0.1) is 23.2 Å². The van der Waals surface area contributed by atoms with Crippen molar-refractivity contribution in [3.8, 4) is 0 Å². The van der Waals surface area contributed by atoms with Crippen molar-refractivity contribution in [1.82, 2.24) is 4.90 Å². The maximum Gasteiger partial charge on any atom is 0.225 e. The van der Waals surface area contributed by atoms with E-state index in [-0.39, 0.29) is 11.3 Å². The fraction of sp³-hybridized carbons (Fsp3) is 0.929. The summed E-state index contributed by atoms with van der Waals surface area (Å²) in [5, 5.41) is 0. The molecule has 1 aliphatic rings. The van der Waals surface area contributed by atoms with Gasteiger partial charge in [0.1, 0.15) is 0 Å². The highest BCUT2D eigenvalue weighted by atomic mass is 16.2. The number of carbonyl (C=O) groups is 1. The maximum absolute atomic E-state index is 12.0. The molecule has 0 aliphatic carbocycles. The van der Waals surface area contributed by atoms with Gasteiger partial charge in [0.05, 0.1) is 0 Å². The molecular formula is C14H27NO. The summed E-state index contributed by atoms with van der Waals surface area (Å²) >= 11 is 0. The van der Waals surface area contributed by atoms with Crippen LogP contribution in [0.5, 0.6) is 0 Å². The zero-order chi connectivity index (χ0) is 12.5. The molecular weight excluding hydrogens is 198 g/mol. The number of hydrogen-bond donors (Lipinski definition) is 0. The Morgan fingerprint density at radius 2 is 1.81 bits per heavy atom. The van der Waals surface area contributed by atoms with E-state index >= 15 is 0 Å². The third-order valence-corrected chi connectivity index (χ3v) is 3.92. The summed E-state index contributed by atoms with van der Waals surface area (Å²) in [6.45, 7) is 15.1. The lowest BCUT2D eigenvalue weighted by atomic mass is 9.68. The quantitative estimate of drug-likeness (QED) is 0.707. The van der Waals surface area contributed by atoms with Crippen molar-refractivity contribution in [2.24, 2.45) is 23.2 Å². The number of hydrogen-bond acceptors (Lipinski definition) is 1. The molecule has 1 fully saturated rings. The monoisotopic (exact) mass is 225 g/mol. The summed E-state index contributed by atoms with van der Waals surface area (Å²) in [6.07, 6.45) is 1.16. The minimum absolute atomic E-state index is 0.131. The molecule has 0 bridgehead atoms. The smallest absolute Gasteiger partial charge is 0.225 e. The molecule has 1 aliphatic heterocycles. The van der Waals surface area contributed by atoms with E-state index in [1.807, 2.05) is 13.8 Å². The van der Waals surface area contributed by atoms with E-state index < -0.39 is 0 Å². The largest absolute Gasteiger partial charge is 0.342 e. The number of carbonyl (C=O) groups excluding carboxylic acids is 1. The number of piperidine rings is 1. The molecule has 0 saturated carbocycles. The van der Waals surface area contributed by atoms with Gasteiger partial charge >= 0.3 is 0 Å². The Labute approximate surface area is 100 Å². The molecule has 0 N–H and O–H groups in total. The van der Waals surface area contributed by atoms with Crippen molar-refractivity contribution < 1.29 is 4.79 Å². The Morgan fingerprint density at radius 3 is 2.19 bits per heavy atom. The minimum Gasteiger partial charge on any atom is -0.342 e. The topological polar surface area (TPSA) is 20.3 Å².